The molecule has 0 radical (unpaired) electrons. The quantitative estimate of drug-likeness (QED) is 0.0365. The van der Waals surface area contributed by atoms with Crippen LogP contribution < -0.4 is 0 Å². The number of hydrogen-bond donors (Lipinski definition) is 17. The Hall–Kier alpha value is -1.87. The third kappa shape index (κ3) is 13.7. The number of carbonyl (C=O) groups is 1. The number of aliphatic hydroxyl groups is 19. The molecule has 8 fully saturated rings. The van der Waals surface area contributed by atoms with Gasteiger partial charge in [-0.3, -0.25) is 0 Å². The molecular weight excluding hydrogens is 1050 g/mol. The molecule has 12 unspecified atom stereocenters. The van der Waals surface area contributed by atoms with Crippen LogP contribution in [0.2, 0.25) is 0 Å². The van der Waals surface area contributed by atoms with Crippen molar-refractivity contribution in [1.29, 1.82) is 0 Å². The van der Waals surface area contributed by atoms with Crippen LogP contribution in [0.4, 0.5) is 0 Å². The fraction of sp³-hybridized carbons (Fsp3) is 0.939. The van der Waals surface area contributed by atoms with Crippen LogP contribution in [0.15, 0.2) is 12.2 Å². The van der Waals surface area contributed by atoms with Gasteiger partial charge in [-0.2, -0.15) is 0 Å². The zero-order valence-corrected chi connectivity index (χ0v) is 42.9. The van der Waals surface area contributed by atoms with E-state index >= 15 is 0 Å². The third-order valence-corrected chi connectivity index (χ3v) is 16.9. The van der Waals surface area contributed by atoms with Gasteiger partial charge in [-0.25, -0.2) is 4.79 Å². The van der Waals surface area contributed by atoms with Gasteiger partial charge < -0.3 is 139 Å². The smallest absolute Gasteiger partial charge is 0.330 e. The summed E-state index contributed by atoms with van der Waals surface area (Å²) in [6, 6.07) is 0. The van der Waals surface area contributed by atoms with E-state index in [4.69, 9.17) is 52.1 Å². The molecule has 32 atom stereocenters. The molecule has 450 valence electrons. The van der Waals surface area contributed by atoms with Gasteiger partial charge in [-0.05, 0) is 50.9 Å². The number of aliphatic hydroxyl groups excluding tert-OH is 17. The van der Waals surface area contributed by atoms with Gasteiger partial charge in [0.15, 0.2) is 37.4 Å². The van der Waals surface area contributed by atoms with Crippen molar-refractivity contribution in [2.45, 2.75) is 236 Å². The Kier molecular flexibility index (Phi) is 21.7. The minimum atomic E-state index is -2.01. The van der Waals surface area contributed by atoms with Crippen molar-refractivity contribution >= 4 is 5.97 Å². The van der Waals surface area contributed by atoms with Gasteiger partial charge in [0.25, 0.3) is 0 Å². The Balaban J connectivity index is 0.996. The maximum Gasteiger partial charge on any atom is 0.330 e. The number of ether oxygens (including phenoxy) is 11. The average molecular weight is 1130 g/mol. The largest absolute Gasteiger partial charge is 0.460 e. The van der Waals surface area contributed by atoms with Crippen molar-refractivity contribution in [3.8, 4) is 0 Å². The number of carbonyl (C=O) groups excluding carboxylic acids is 1. The predicted octanol–water partition coefficient (Wildman–Crippen LogP) is -8.75. The predicted molar refractivity (Wildman–Crippen MR) is 252 cm³/mol. The van der Waals surface area contributed by atoms with E-state index in [1.54, 1.807) is 6.08 Å². The second kappa shape index (κ2) is 27.2. The number of allylic oxidation sites excluding steroid dienone is 1. The highest BCUT2D eigenvalue weighted by Crippen LogP contribution is 2.45. The lowest BCUT2D eigenvalue weighted by atomic mass is 9.72. The van der Waals surface area contributed by atoms with Crippen LogP contribution >= 0.6 is 0 Å². The molecule has 78 heavy (non-hydrogen) atoms. The van der Waals surface area contributed by atoms with Crippen LogP contribution in [0.5, 0.6) is 0 Å². The van der Waals surface area contributed by atoms with Crippen LogP contribution in [0.25, 0.3) is 0 Å². The number of fused-ring (bicyclic) bond motifs is 1. The van der Waals surface area contributed by atoms with Crippen molar-refractivity contribution in [2.75, 3.05) is 33.5 Å². The molecule has 8 rings (SSSR count). The van der Waals surface area contributed by atoms with Gasteiger partial charge in [-0.1, -0.05) is 6.08 Å². The van der Waals surface area contributed by atoms with Crippen LogP contribution in [-0.4, -0.2) is 309 Å². The lowest BCUT2D eigenvalue weighted by Gasteiger charge is -2.50. The maximum atomic E-state index is 13.3. The second-order valence-electron chi connectivity index (χ2n) is 22.0. The van der Waals surface area contributed by atoms with Crippen molar-refractivity contribution in [1.82, 2.24) is 0 Å². The highest BCUT2D eigenvalue weighted by molar-refractivity contribution is 5.81. The number of methoxy groups -OCH3 is 1. The van der Waals surface area contributed by atoms with Crippen LogP contribution in [0, 0.1) is 17.8 Å². The van der Waals surface area contributed by atoms with Crippen molar-refractivity contribution in [2.24, 2.45) is 17.8 Å². The van der Waals surface area contributed by atoms with E-state index in [1.165, 1.54) is 7.11 Å². The number of esters is 1. The molecule has 29 heteroatoms. The lowest BCUT2D eigenvalue weighted by Crippen LogP contribution is -2.66. The monoisotopic (exact) mass is 1130 g/mol. The van der Waals surface area contributed by atoms with Crippen molar-refractivity contribution < 1.29 is 144 Å². The third-order valence-electron chi connectivity index (χ3n) is 16.9. The molecule has 5 aliphatic heterocycles. The topological polar surface area (TPSA) is 466 Å². The van der Waals surface area contributed by atoms with Gasteiger partial charge in [0.05, 0.1) is 62.4 Å². The fourth-order valence-electron chi connectivity index (χ4n) is 12.3. The summed E-state index contributed by atoms with van der Waals surface area (Å²) in [4.78, 5) is 13.3. The molecule has 0 aromatic heterocycles. The van der Waals surface area contributed by atoms with E-state index in [9.17, 15) is 91.6 Å². The molecule has 0 amide bonds. The summed E-state index contributed by atoms with van der Waals surface area (Å²) < 4.78 is 64.3. The first-order valence-electron chi connectivity index (χ1n) is 26.8. The van der Waals surface area contributed by atoms with Crippen LogP contribution in [0.1, 0.15) is 57.8 Å². The zero-order valence-electron chi connectivity index (χ0n) is 42.9. The summed E-state index contributed by atoms with van der Waals surface area (Å²) in [6.07, 6.45) is -37.4. The summed E-state index contributed by atoms with van der Waals surface area (Å²) in [5, 5.41) is 180. The normalized spacial score (nSPS) is 51.5. The molecular formula is C49H81O29+. The molecule has 3 aliphatic carbocycles. The van der Waals surface area contributed by atoms with Crippen LogP contribution in [-0.2, 0) is 52.2 Å². The Labute approximate surface area is 447 Å². The molecule has 18 N–H and O–H groups in total. The lowest BCUT2D eigenvalue weighted by molar-refractivity contribution is -0.390. The van der Waals surface area contributed by atoms with Crippen molar-refractivity contribution in [3.05, 3.63) is 12.2 Å². The SMILES string of the molecule is COC1CC(C=CC(=O)OC[C@H]2O[C@@H](OC3CC4C(O[C@@H]5O[C@H](CO)[C@@H](O)[C@H](O)[C@H]5O)CC(O)CC4[OH+]C3C3CCC(O)C(O)C3)[C@H](O[C@@H]3O[C@H](CO)[C@@H](O)[C@H](O)[C@H]3O)[C@@H](O)[C@@H]2O)CCC1O[C@@H]1O[C@H](CO)[C@@H](O)[C@H](O)[C@H]1O. The number of rotatable bonds is 17. The van der Waals surface area contributed by atoms with Gasteiger partial charge >= 0.3 is 5.97 Å². The molecule has 29 nitrogen and oxygen atoms in total. The average Bonchev–Trinajstić information content (AvgIpc) is 3.54. The first-order chi connectivity index (χ1) is 37.2. The van der Waals surface area contributed by atoms with Gasteiger partial charge in [0, 0.05) is 31.9 Å². The first kappa shape index (κ1) is 62.2. The highest BCUT2D eigenvalue weighted by Gasteiger charge is 2.58. The summed E-state index contributed by atoms with van der Waals surface area (Å²) in [7, 11) is 1.43. The Bertz CT molecular complexity index is 1900. The standard InChI is InChI=1S/C49H80O29/c1-68-26-8-17(2-6-23(26)71-46-41(65)37(61)33(57)28(13-50)74-46)3-7-32(56)69-16-31-36(60)40(64)45(78-48-43(67)39(63)35(59)30(15-52)76-48)49(77-31)73-27-12-20-24(70-44(27)18-4-5-21(54)22(55)9-18)10-19(53)11-25(20)72-47-42(66)38(62)34(58)29(14-51)75-47/h3,7,17-31,33-55,57-67H,2,4-6,8-16H2,1H3/p+1/t17?,18?,19?,20?,21?,22?,23?,24?,25?,26?,27?,28-,29-,30-,31-,33-,34-,35-,36-,37+,38+,39+,40+,41-,42-,43-,44?,45-,46-,47-,48+,49-/m1/s1. The summed E-state index contributed by atoms with van der Waals surface area (Å²) in [5.74, 6) is -2.32. The molecule has 0 bridgehead atoms. The summed E-state index contributed by atoms with van der Waals surface area (Å²) >= 11 is 0. The molecule has 5 heterocycles. The summed E-state index contributed by atoms with van der Waals surface area (Å²) in [6.45, 7) is -2.92. The zero-order chi connectivity index (χ0) is 56.4. The minimum Gasteiger partial charge on any atom is -0.460 e. The Morgan fingerprint density at radius 2 is 1.03 bits per heavy atom. The van der Waals surface area contributed by atoms with Crippen LogP contribution in [0.3, 0.4) is 0 Å². The first-order valence-corrected chi connectivity index (χ1v) is 26.8. The molecule has 0 aromatic carbocycles. The summed E-state index contributed by atoms with van der Waals surface area (Å²) in [5.41, 5.74) is 0. The highest BCUT2D eigenvalue weighted by atomic mass is 16.8. The molecule has 0 aromatic rings. The van der Waals surface area contributed by atoms with Gasteiger partial charge in [-0.15, -0.1) is 0 Å². The van der Waals surface area contributed by atoms with Crippen molar-refractivity contribution in [3.63, 3.8) is 0 Å². The Morgan fingerprint density at radius 3 is 1.58 bits per heavy atom. The Morgan fingerprint density at radius 1 is 0.500 bits per heavy atom. The van der Waals surface area contributed by atoms with E-state index in [1.807, 2.05) is 0 Å². The van der Waals surface area contributed by atoms with E-state index < -0.39 is 222 Å². The molecule has 8 aliphatic rings. The molecule has 3 saturated carbocycles. The van der Waals surface area contributed by atoms with Gasteiger partial charge in [0.1, 0.15) is 110 Å². The fourth-order valence-corrected chi connectivity index (χ4v) is 12.3. The number of hydrogen-bond acceptors (Lipinski definition) is 28. The minimum absolute atomic E-state index is 0.00420. The van der Waals surface area contributed by atoms with E-state index in [0.717, 1.165) is 6.08 Å². The second-order valence-corrected chi connectivity index (χ2v) is 22.0. The van der Waals surface area contributed by atoms with E-state index in [0.29, 0.717) is 25.7 Å². The molecule has 0 spiro atoms. The maximum absolute atomic E-state index is 13.3. The van der Waals surface area contributed by atoms with Gasteiger partial charge in [0.2, 0.25) is 0 Å². The van der Waals surface area contributed by atoms with E-state index in [-0.39, 0.29) is 38.0 Å². The van der Waals surface area contributed by atoms with E-state index in [2.05, 4.69) is 0 Å². The molecule has 5 saturated heterocycles.